The van der Waals surface area contributed by atoms with Gasteiger partial charge in [0.05, 0.1) is 37.6 Å². The Bertz CT molecular complexity index is 1450. The number of rotatable bonds is 5. The molecule has 1 saturated heterocycles. The Morgan fingerprint density at radius 2 is 1.65 bits per heavy atom. The molecule has 2 aromatic heterocycles. The molecule has 1 N–H and O–H groups in total. The molecule has 1 atom stereocenters. The second-order valence-electron chi connectivity index (χ2n) is 8.40. The Morgan fingerprint density at radius 3 is 2.22 bits per heavy atom. The van der Waals surface area contributed by atoms with E-state index in [-0.39, 0.29) is 61.7 Å². The van der Waals surface area contributed by atoms with Gasteiger partial charge in [0.25, 0.3) is 17.0 Å². The minimum absolute atomic E-state index is 0.0303. The maximum Gasteiger partial charge on any atom is 0.414 e. The van der Waals surface area contributed by atoms with Crippen LogP contribution >= 0.6 is 0 Å². The maximum absolute atomic E-state index is 15.2. The topological polar surface area (TPSA) is 132 Å². The molecule has 1 aromatic carbocycles. The fourth-order valence-corrected chi connectivity index (χ4v) is 4.39. The second-order valence-corrected chi connectivity index (χ2v) is 8.40. The Balaban J connectivity index is 1.32. The van der Waals surface area contributed by atoms with Gasteiger partial charge in [0.1, 0.15) is 11.9 Å². The quantitative estimate of drug-likeness (QED) is 0.510. The number of benzene rings is 1. The van der Waals surface area contributed by atoms with Crippen molar-refractivity contribution in [2.24, 2.45) is 0 Å². The van der Waals surface area contributed by atoms with Crippen LogP contribution in [0.2, 0.25) is 0 Å². The predicted octanol–water partition coefficient (Wildman–Crippen LogP) is 0.319. The van der Waals surface area contributed by atoms with Crippen LogP contribution < -0.4 is 26.2 Å². The standard InChI is InChI=1S/C22H20F3N7O5/c23-14-9-12(30-11-13(37-22(30)36)10-28-19(33)18(24)25)1-2-15(14)29-5-7-31-20(34)16-17(27-4-3-26-16)21(35)32(31)8-6-29/h1-4,9,13,18H,5-8,10-11H2,(H,28,33)/t13-/m0/s1. The highest BCUT2D eigenvalue weighted by Gasteiger charge is 2.33. The van der Waals surface area contributed by atoms with Gasteiger partial charge in [0.15, 0.2) is 11.0 Å². The van der Waals surface area contributed by atoms with Gasteiger partial charge in [-0.15, -0.1) is 0 Å². The molecule has 2 aliphatic heterocycles. The van der Waals surface area contributed by atoms with Crippen molar-refractivity contribution in [2.75, 3.05) is 36.0 Å². The second kappa shape index (κ2) is 9.55. The van der Waals surface area contributed by atoms with Gasteiger partial charge in [0.2, 0.25) is 0 Å². The van der Waals surface area contributed by atoms with Crippen LogP contribution in [0.15, 0.2) is 40.2 Å². The third-order valence-corrected chi connectivity index (χ3v) is 6.19. The average molecular weight is 519 g/mol. The highest BCUT2D eigenvalue weighted by Crippen LogP contribution is 2.28. The highest BCUT2D eigenvalue weighted by molar-refractivity contribution is 5.90. The summed E-state index contributed by atoms with van der Waals surface area (Å²) in [6, 6.07) is 4.10. The van der Waals surface area contributed by atoms with E-state index in [1.165, 1.54) is 33.9 Å². The average Bonchev–Trinajstić information content (AvgIpc) is 3.11. The van der Waals surface area contributed by atoms with Crippen molar-refractivity contribution in [3.05, 3.63) is 57.1 Å². The Hall–Kier alpha value is -4.43. The zero-order valence-electron chi connectivity index (χ0n) is 19.1. The lowest BCUT2D eigenvalue weighted by Crippen LogP contribution is -2.39. The molecule has 12 nitrogen and oxygen atoms in total. The molecule has 15 heteroatoms. The lowest BCUT2D eigenvalue weighted by Gasteiger charge is -2.23. The molecule has 4 heterocycles. The first-order chi connectivity index (χ1) is 17.7. The van der Waals surface area contributed by atoms with Gasteiger partial charge in [-0.05, 0) is 18.2 Å². The predicted molar refractivity (Wildman–Crippen MR) is 123 cm³/mol. The molecule has 0 radical (unpaired) electrons. The maximum atomic E-state index is 15.2. The summed E-state index contributed by atoms with van der Waals surface area (Å²) in [5, 5.41) is 1.98. The zero-order chi connectivity index (χ0) is 26.3. The number of nitrogens with one attached hydrogen (secondary N) is 1. The molecule has 2 aliphatic rings. The number of carbonyl (C=O) groups is 2. The van der Waals surface area contributed by atoms with E-state index >= 15 is 4.39 Å². The number of hydrogen-bond donors (Lipinski definition) is 1. The number of fused-ring (bicyclic) bond motifs is 2. The monoisotopic (exact) mass is 519 g/mol. The number of carbonyl (C=O) groups excluding carboxylic acids is 2. The number of ether oxygens (including phenoxy) is 1. The third-order valence-electron chi connectivity index (χ3n) is 6.19. The van der Waals surface area contributed by atoms with Crippen LogP contribution in [0.4, 0.5) is 29.3 Å². The van der Waals surface area contributed by atoms with Crippen LogP contribution in [-0.2, 0) is 22.6 Å². The number of nitrogens with zero attached hydrogens (tertiary/aromatic N) is 6. The molecule has 5 rings (SSSR count). The first-order valence-electron chi connectivity index (χ1n) is 11.3. The molecule has 0 unspecified atom stereocenters. The van der Waals surface area contributed by atoms with Crippen LogP contribution in [0.3, 0.4) is 0 Å². The van der Waals surface area contributed by atoms with Gasteiger partial charge in [-0.3, -0.25) is 19.3 Å². The number of aromatic nitrogens is 4. The summed E-state index contributed by atoms with van der Waals surface area (Å²) in [5.74, 6) is -2.13. The third kappa shape index (κ3) is 4.47. The summed E-state index contributed by atoms with van der Waals surface area (Å²) in [4.78, 5) is 59.8. The number of hydrogen-bond acceptors (Lipinski definition) is 8. The van der Waals surface area contributed by atoms with Crippen molar-refractivity contribution in [2.45, 2.75) is 25.6 Å². The Morgan fingerprint density at radius 1 is 1.03 bits per heavy atom. The van der Waals surface area contributed by atoms with Crippen LogP contribution in [-0.4, -0.2) is 70.0 Å². The van der Waals surface area contributed by atoms with Gasteiger partial charge in [0, 0.05) is 25.5 Å². The highest BCUT2D eigenvalue weighted by atomic mass is 19.3. The summed E-state index contributed by atoms with van der Waals surface area (Å²) in [6.07, 6.45) is -2.21. The lowest BCUT2D eigenvalue weighted by atomic mass is 10.2. The summed E-state index contributed by atoms with van der Waals surface area (Å²) in [7, 11) is 0. The van der Waals surface area contributed by atoms with Crippen LogP contribution in [0.25, 0.3) is 11.0 Å². The van der Waals surface area contributed by atoms with Crippen molar-refractivity contribution in [3.8, 4) is 0 Å². The van der Waals surface area contributed by atoms with Crippen LogP contribution in [0.1, 0.15) is 0 Å². The van der Waals surface area contributed by atoms with Gasteiger partial charge in [-0.2, -0.15) is 8.78 Å². The largest absolute Gasteiger partial charge is 0.442 e. The van der Waals surface area contributed by atoms with E-state index in [4.69, 9.17) is 4.74 Å². The molecule has 0 bridgehead atoms. The molecule has 2 amide bonds. The van der Waals surface area contributed by atoms with Crippen LogP contribution in [0.5, 0.6) is 0 Å². The van der Waals surface area contributed by atoms with Gasteiger partial charge < -0.3 is 15.0 Å². The summed E-state index contributed by atoms with van der Waals surface area (Å²) < 4.78 is 47.5. The van der Waals surface area contributed by atoms with Crippen molar-refractivity contribution >= 4 is 34.4 Å². The van der Waals surface area contributed by atoms with Crippen LogP contribution in [0, 0.1) is 5.82 Å². The lowest BCUT2D eigenvalue weighted by molar-refractivity contribution is -0.132. The normalized spacial score (nSPS) is 17.6. The van der Waals surface area contributed by atoms with E-state index in [1.807, 2.05) is 5.32 Å². The number of amides is 2. The van der Waals surface area contributed by atoms with Gasteiger partial charge >= 0.3 is 12.5 Å². The van der Waals surface area contributed by atoms with E-state index in [1.54, 1.807) is 4.90 Å². The number of anilines is 2. The Labute approximate surface area is 205 Å². The minimum Gasteiger partial charge on any atom is -0.442 e. The summed E-state index contributed by atoms with van der Waals surface area (Å²) >= 11 is 0. The fraction of sp³-hybridized carbons (Fsp3) is 0.364. The number of halogens is 3. The van der Waals surface area contributed by atoms with E-state index < -0.39 is 41.5 Å². The molecule has 1 fully saturated rings. The number of cyclic esters (lactones) is 1. The fourth-order valence-electron chi connectivity index (χ4n) is 4.39. The molecule has 194 valence electrons. The van der Waals surface area contributed by atoms with E-state index in [0.717, 1.165) is 11.0 Å². The van der Waals surface area contributed by atoms with Crippen molar-refractivity contribution < 1.29 is 27.5 Å². The molecule has 0 aliphatic carbocycles. The smallest absolute Gasteiger partial charge is 0.414 e. The summed E-state index contributed by atoms with van der Waals surface area (Å²) in [6.45, 7) is 0.275. The first-order valence-corrected chi connectivity index (χ1v) is 11.3. The first kappa shape index (κ1) is 24.3. The minimum atomic E-state index is -3.19. The molecular weight excluding hydrogens is 499 g/mol. The van der Waals surface area contributed by atoms with E-state index in [0.29, 0.717) is 0 Å². The van der Waals surface area contributed by atoms with E-state index in [2.05, 4.69) is 9.97 Å². The van der Waals surface area contributed by atoms with Crippen molar-refractivity contribution in [1.82, 2.24) is 24.6 Å². The summed E-state index contributed by atoms with van der Waals surface area (Å²) in [5.41, 5.74) is -0.608. The van der Waals surface area contributed by atoms with Crippen molar-refractivity contribution in [1.29, 1.82) is 0 Å². The van der Waals surface area contributed by atoms with Gasteiger partial charge in [-0.1, -0.05) is 0 Å². The van der Waals surface area contributed by atoms with Crippen molar-refractivity contribution in [3.63, 3.8) is 0 Å². The Kier molecular flexibility index (Phi) is 6.27. The molecule has 0 spiro atoms. The van der Waals surface area contributed by atoms with E-state index in [9.17, 15) is 28.0 Å². The molecule has 0 saturated carbocycles. The number of alkyl halides is 2. The molecular formula is C22H20F3N7O5. The zero-order valence-corrected chi connectivity index (χ0v) is 19.1. The van der Waals surface area contributed by atoms with Gasteiger partial charge in [-0.25, -0.2) is 28.5 Å². The molecule has 3 aromatic rings. The SMILES string of the molecule is O=C(NC[C@H]1CN(c2ccc(N3CCn4c(=O)c5nccnc5c(=O)n4CC3)c(F)c2)C(=O)O1)C(F)F. The molecule has 37 heavy (non-hydrogen) atoms.